The fourth-order valence-corrected chi connectivity index (χ4v) is 7.02. The lowest BCUT2D eigenvalue weighted by Gasteiger charge is -2.43. The number of aromatic nitrogens is 1. The first-order chi connectivity index (χ1) is 15.5. The number of aliphatic imine (C=N–C) groups is 1. The van der Waals surface area contributed by atoms with Gasteiger partial charge in [0.25, 0.3) is 0 Å². The van der Waals surface area contributed by atoms with E-state index in [4.69, 9.17) is 4.74 Å². The van der Waals surface area contributed by atoms with Gasteiger partial charge >= 0.3 is 0 Å². The Labute approximate surface area is 191 Å². The van der Waals surface area contributed by atoms with Crippen molar-refractivity contribution in [3.8, 4) is 0 Å². The number of benzene rings is 1. The van der Waals surface area contributed by atoms with Crippen molar-refractivity contribution in [2.24, 2.45) is 4.99 Å². The number of rotatable bonds is 3. The van der Waals surface area contributed by atoms with Crippen LogP contribution >= 0.6 is 11.3 Å². The van der Waals surface area contributed by atoms with Crippen LogP contribution in [0.1, 0.15) is 48.5 Å². The summed E-state index contributed by atoms with van der Waals surface area (Å²) in [6, 6.07) is 7.63. The molecular weight excluding hydrogens is 423 g/mol. The number of hydrogen-bond donors (Lipinski definition) is 1. The molecule has 0 amide bonds. The minimum atomic E-state index is -0.250. The fraction of sp³-hybridized carbons (Fsp3) is 0.440. The molecule has 3 aliphatic rings. The number of nitrogens with zero attached hydrogens (tertiary/aromatic N) is 3. The third kappa shape index (κ3) is 3.10. The van der Waals surface area contributed by atoms with Gasteiger partial charge < -0.3 is 10.1 Å². The van der Waals surface area contributed by atoms with E-state index >= 15 is 0 Å². The molecule has 3 aromatic rings. The lowest BCUT2D eigenvalue weighted by molar-refractivity contribution is -0.00532. The lowest BCUT2D eigenvalue weighted by Crippen LogP contribution is -2.49. The molecule has 2 saturated heterocycles. The number of anilines is 2. The van der Waals surface area contributed by atoms with Crippen LogP contribution in [-0.4, -0.2) is 48.4 Å². The van der Waals surface area contributed by atoms with Crippen molar-refractivity contribution in [1.82, 2.24) is 9.88 Å². The minimum Gasteiger partial charge on any atom is -0.381 e. The lowest BCUT2D eigenvalue weighted by atomic mass is 9.77. The fourth-order valence-electron chi connectivity index (χ4n) is 5.75. The van der Waals surface area contributed by atoms with Gasteiger partial charge in [-0.3, -0.25) is 9.89 Å². The van der Waals surface area contributed by atoms with E-state index in [0.29, 0.717) is 11.6 Å². The van der Waals surface area contributed by atoms with Crippen LogP contribution < -0.4 is 5.32 Å². The van der Waals surface area contributed by atoms with Crippen LogP contribution in [-0.2, 0) is 4.74 Å². The van der Waals surface area contributed by atoms with Crippen LogP contribution in [0.15, 0.2) is 35.5 Å². The van der Waals surface area contributed by atoms with E-state index in [0.717, 1.165) is 66.2 Å². The Balaban J connectivity index is 1.36. The number of nitrogens with one attached hydrogen (secondary N) is 1. The van der Waals surface area contributed by atoms with Crippen LogP contribution in [0.2, 0.25) is 0 Å². The predicted molar refractivity (Wildman–Crippen MR) is 129 cm³/mol. The summed E-state index contributed by atoms with van der Waals surface area (Å²) in [5.74, 6) is 0.388. The molecule has 7 heteroatoms. The normalized spacial score (nSPS) is 24.5. The number of pyridine rings is 1. The number of ether oxygens (including phenoxy) is 1. The molecule has 1 N–H and O–H groups in total. The quantitative estimate of drug-likeness (QED) is 0.534. The van der Waals surface area contributed by atoms with Crippen LogP contribution in [0.3, 0.4) is 0 Å². The van der Waals surface area contributed by atoms with Gasteiger partial charge in [0.2, 0.25) is 0 Å². The Kier molecular flexibility index (Phi) is 4.82. The molecule has 5 nitrogen and oxygen atoms in total. The van der Waals surface area contributed by atoms with Gasteiger partial charge in [-0.25, -0.2) is 9.37 Å². The Morgan fingerprint density at radius 2 is 2.06 bits per heavy atom. The third-order valence-corrected chi connectivity index (χ3v) is 8.79. The van der Waals surface area contributed by atoms with Gasteiger partial charge in [0.1, 0.15) is 10.6 Å². The number of likely N-dealkylation sites (N-methyl/N-ethyl adjacent to an activating group) is 1. The SMILES string of the molecule is CC1C=Nc2cc(Nc3ccnc4sc(C5CCN(C)C56CCOCC6)cc34)c(F)cc21. The van der Waals surface area contributed by atoms with Crippen molar-refractivity contribution in [3.05, 3.63) is 46.7 Å². The first kappa shape index (κ1) is 20.3. The van der Waals surface area contributed by atoms with Crippen molar-refractivity contribution in [1.29, 1.82) is 0 Å². The maximum Gasteiger partial charge on any atom is 0.147 e. The zero-order valence-corrected chi connectivity index (χ0v) is 19.2. The summed E-state index contributed by atoms with van der Waals surface area (Å²) in [7, 11) is 2.25. The number of halogens is 1. The van der Waals surface area contributed by atoms with Crippen molar-refractivity contribution in [2.45, 2.75) is 43.6 Å². The summed E-state index contributed by atoms with van der Waals surface area (Å²) in [6.07, 6.45) is 6.97. The van der Waals surface area contributed by atoms with E-state index in [2.05, 4.69) is 33.3 Å². The summed E-state index contributed by atoms with van der Waals surface area (Å²) in [6.45, 7) is 4.80. The number of likely N-dealkylation sites (tertiary alicyclic amines) is 1. The van der Waals surface area contributed by atoms with Crippen molar-refractivity contribution < 1.29 is 9.13 Å². The highest BCUT2D eigenvalue weighted by molar-refractivity contribution is 7.18. The van der Waals surface area contributed by atoms with E-state index in [9.17, 15) is 4.39 Å². The largest absolute Gasteiger partial charge is 0.381 e. The van der Waals surface area contributed by atoms with Gasteiger partial charge in [-0.1, -0.05) is 6.92 Å². The molecule has 1 spiro atoms. The molecule has 32 heavy (non-hydrogen) atoms. The second-order valence-corrected chi connectivity index (χ2v) is 10.3. The molecule has 2 unspecified atom stereocenters. The van der Waals surface area contributed by atoms with Crippen LogP contribution in [0, 0.1) is 5.82 Å². The molecule has 0 aliphatic carbocycles. The van der Waals surface area contributed by atoms with E-state index < -0.39 is 0 Å². The van der Waals surface area contributed by atoms with Gasteiger partial charge in [-0.15, -0.1) is 11.3 Å². The molecule has 2 atom stereocenters. The van der Waals surface area contributed by atoms with Gasteiger partial charge in [0.05, 0.1) is 17.1 Å². The molecule has 2 fully saturated rings. The van der Waals surface area contributed by atoms with Gasteiger partial charge in [-0.2, -0.15) is 0 Å². The summed E-state index contributed by atoms with van der Waals surface area (Å²) in [4.78, 5) is 14.0. The van der Waals surface area contributed by atoms with Crippen molar-refractivity contribution in [2.75, 3.05) is 32.1 Å². The standard InChI is InChI=1S/C25H27FN4OS/c1-15-14-28-21-13-22(19(26)11-16(15)21)29-20-3-7-27-24-17(20)12-23(32-24)18-4-8-30(2)25(18)5-9-31-10-6-25/h3,7,11-15,18H,4-6,8-10H2,1-2H3,(H,27,29). The second kappa shape index (κ2) is 7.61. The average molecular weight is 451 g/mol. The summed E-state index contributed by atoms with van der Waals surface area (Å²) in [5.41, 5.74) is 3.30. The molecule has 0 radical (unpaired) electrons. The van der Waals surface area contributed by atoms with E-state index in [-0.39, 0.29) is 17.3 Å². The van der Waals surface area contributed by atoms with E-state index in [1.807, 2.05) is 25.3 Å². The molecule has 5 heterocycles. The molecule has 6 rings (SSSR count). The number of hydrogen-bond acceptors (Lipinski definition) is 6. The Bertz CT molecular complexity index is 1220. The highest BCUT2D eigenvalue weighted by Crippen LogP contribution is 2.50. The highest BCUT2D eigenvalue weighted by Gasteiger charge is 2.48. The first-order valence-electron chi connectivity index (χ1n) is 11.4. The Hall–Kier alpha value is -2.35. The maximum atomic E-state index is 14.9. The summed E-state index contributed by atoms with van der Waals surface area (Å²) >= 11 is 1.78. The Morgan fingerprint density at radius 1 is 1.22 bits per heavy atom. The smallest absolute Gasteiger partial charge is 0.147 e. The highest BCUT2D eigenvalue weighted by atomic mass is 32.1. The molecule has 3 aliphatic heterocycles. The molecule has 166 valence electrons. The summed E-state index contributed by atoms with van der Waals surface area (Å²) in [5, 5.41) is 4.39. The number of fused-ring (bicyclic) bond motifs is 2. The van der Waals surface area contributed by atoms with Crippen molar-refractivity contribution >= 4 is 44.8 Å². The van der Waals surface area contributed by atoms with Crippen molar-refractivity contribution in [3.63, 3.8) is 0 Å². The topological polar surface area (TPSA) is 49.8 Å². The third-order valence-electron chi connectivity index (χ3n) is 7.63. The van der Waals surface area contributed by atoms with Gasteiger partial charge in [-0.05, 0) is 62.7 Å². The second-order valence-electron chi connectivity index (χ2n) is 9.29. The minimum absolute atomic E-state index is 0.155. The van der Waals surface area contributed by atoms with Gasteiger partial charge in [0.15, 0.2) is 0 Å². The predicted octanol–water partition coefficient (Wildman–Crippen LogP) is 5.97. The molecule has 0 saturated carbocycles. The first-order valence-corrected chi connectivity index (χ1v) is 12.2. The molecule has 2 aromatic heterocycles. The monoisotopic (exact) mass is 450 g/mol. The molecule has 1 aromatic carbocycles. The summed E-state index contributed by atoms with van der Waals surface area (Å²) < 4.78 is 20.6. The average Bonchev–Trinajstić information content (AvgIpc) is 3.47. The van der Waals surface area contributed by atoms with Crippen LogP contribution in [0.25, 0.3) is 10.2 Å². The Morgan fingerprint density at radius 3 is 2.91 bits per heavy atom. The zero-order chi connectivity index (χ0) is 21.9. The zero-order valence-electron chi connectivity index (χ0n) is 18.4. The van der Waals surface area contributed by atoms with Gasteiger partial charge in [0, 0.05) is 53.3 Å². The number of thiophene rings is 1. The molecular formula is C25H27FN4OS. The van der Waals surface area contributed by atoms with Crippen LogP contribution in [0.5, 0.6) is 0 Å². The van der Waals surface area contributed by atoms with E-state index in [1.165, 1.54) is 4.88 Å². The molecule has 0 bridgehead atoms. The van der Waals surface area contributed by atoms with Crippen LogP contribution in [0.4, 0.5) is 21.5 Å². The maximum absolute atomic E-state index is 14.9. The van der Waals surface area contributed by atoms with E-state index in [1.54, 1.807) is 23.6 Å².